The Hall–Kier alpha value is -1.93. The fourth-order valence-electron chi connectivity index (χ4n) is 2.22. The van der Waals surface area contributed by atoms with Crippen molar-refractivity contribution < 1.29 is 33.0 Å². The van der Waals surface area contributed by atoms with E-state index in [1.807, 2.05) is 0 Å². The molecule has 1 rings (SSSR count). The second-order valence-electron chi connectivity index (χ2n) is 7.30. The second kappa shape index (κ2) is 9.14. The maximum atomic E-state index is 12.2. The molecule has 0 saturated heterocycles. The van der Waals surface area contributed by atoms with Crippen LogP contribution in [0.25, 0.3) is 0 Å². The van der Waals surface area contributed by atoms with Crippen molar-refractivity contribution in [3.05, 3.63) is 35.9 Å². The van der Waals surface area contributed by atoms with Crippen molar-refractivity contribution in [2.75, 3.05) is 18.1 Å². The van der Waals surface area contributed by atoms with E-state index in [4.69, 9.17) is 4.74 Å². The number of carbonyl (C=O) groups is 2. The Morgan fingerprint density at radius 2 is 1.69 bits per heavy atom. The van der Waals surface area contributed by atoms with E-state index < -0.39 is 57.3 Å². The van der Waals surface area contributed by atoms with Crippen LogP contribution in [0.4, 0.5) is 0 Å². The van der Waals surface area contributed by atoms with Gasteiger partial charge >= 0.3 is 11.9 Å². The van der Waals surface area contributed by atoms with E-state index in [0.29, 0.717) is 0 Å². The summed E-state index contributed by atoms with van der Waals surface area (Å²) in [6, 6.07) is 8.73. The molecular weight excluding hydrogens is 360 g/mol. The van der Waals surface area contributed by atoms with Crippen LogP contribution in [0.1, 0.15) is 26.3 Å². The number of esters is 1. The Bertz CT molecular complexity index is 705. The van der Waals surface area contributed by atoms with Gasteiger partial charge in [0.2, 0.25) is 0 Å². The second-order valence-corrected chi connectivity index (χ2v) is 9.46. The summed E-state index contributed by atoms with van der Waals surface area (Å²) in [7, 11) is -3.85. The number of hydrogen-bond acceptors (Lipinski definition) is 6. The van der Waals surface area contributed by atoms with Crippen LogP contribution in [-0.2, 0) is 30.6 Å². The zero-order valence-corrected chi connectivity index (χ0v) is 16.0. The standard InChI is InChI=1S/C18H26O7S/c1-18(2,3)17(22)25-10-15(19)12-26(23,24)11-14(16(20)21)9-13-7-5-4-6-8-13/h4-8,14-15,19H,9-12H2,1-3H3,(H,20,21)/t14-,15+/m1/s1. The van der Waals surface area contributed by atoms with Crippen molar-refractivity contribution in [1.29, 1.82) is 0 Å². The number of carboxylic acids is 1. The summed E-state index contributed by atoms with van der Waals surface area (Å²) in [5.41, 5.74) is -0.0439. The summed E-state index contributed by atoms with van der Waals surface area (Å²) in [5, 5.41) is 19.1. The van der Waals surface area contributed by atoms with Crippen molar-refractivity contribution in [2.45, 2.75) is 33.3 Å². The Morgan fingerprint density at radius 1 is 1.12 bits per heavy atom. The lowest BCUT2D eigenvalue weighted by Gasteiger charge is -2.19. The maximum Gasteiger partial charge on any atom is 0.311 e. The first-order chi connectivity index (χ1) is 11.9. The van der Waals surface area contributed by atoms with Gasteiger partial charge in [-0.1, -0.05) is 30.3 Å². The van der Waals surface area contributed by atoms with Crippen LogP contribution in [0.3, 0.4) is 0 Å². The van der Waals surface area contributed by atoms with Crippen LogP contribution >= 0.6 is 0 Å². The van der Waals surface area contributed by atoms with Crippen molar-refractivity contribution in [3.63, 3.8) is 0 Å². The molecule has 146 valence electrons. The fraction of sp³-hybridized carbons (Fsp3) is 0.556. The van der Waals surface area contributed by atoms with Gasteiger partial charge in [-0.05, 0) is 32.8 Å². The molecule has 0 amide bonds. The quantitative estimate of drug-likeness (QED) is 0.614. The Morgan fingerprint density at radius 3 is 2.19 bits per heavy atom. The summed E-state index contributed by atoms with van der Waals surface area (Å²) in [6.07, 6.45) is -1.33. The fourth-order valence-corrected chi connectivity index (χ4v) is 3.91. The molecule has 8 heteroatoms. The molecule has 0 aliphatic carbocycles. The molecule has 1 aromatic rings. The number of carboxylic acid groups (broad SMARTS) is 1. The summed E-state index contributed by atoms with van der Waals surface area (Å²) in [6.45, 7) is 4.46. The van der Waals surface area contributed by atoms with Crippen molar-refractivity contribution in [3.8, 4) is 0 Å². The number of rotatable bonds is 9. The summed E-state index contributed by atoms with van der Waals surface area (Å²) in [4.78, 5) is 23.0. The van der Waals surface area contributed by atoms with Crippen LogP contribution in [0.15, 0.2) is 30.3 Å². The van der Waals surface area contributed by atoms with Gasteiger partial charge in [0.25, 0.3) is 0 Å². The predicted molar refractivity (Wildman–Crippen MR) is 96.3 cm³/mol. The number of hydrogen-bond donors (Lipinski definition) is 2. The molecule has 2 N–H and O–H groups in total. The van der Waals surface area contributed by atoms with Crippen molar-refractivity contribution in [1.82, 2.24) is 0 Å². The average molecular weight is 386 g/mol. The molecular formula is C18H26O7S. The SMILES string of the molecule is CC(C)(C)C(=O)OC[C@H](O)CS(=O)(=O)C[C@@H](Cc1ccccc1)C(=O)O. The number of benzene rings is 1. The predicted octanol–water partition coefficient (Wildman–Crippen LogP) is 1.29. The van der Waals surface area contributed by atoms with Gasteiger partial charge in [0.15, 0.2) is 9.84 Å². The highest BCUT2D eigenvalue weighted by Gasteiger charge is 2.29. The van der Waals surface area contributed by atoms with E-state index in [1.54, 1.807) is 51.1 Å². The summed E-state index contributed by atoms with van der Waals surface area (Å²) < 4.78 is 29.3. The van der Waals surface area contributed by atoms with E-state index in [1.165, 1.54) is 0 Å². The van der Waals surface area contributed by atoms with E-state index in [0.717, 1.165) is 5.56 Å². The molecule has 0 aromatic heterocycles. The number of aliphatic hydroxyl groups excluding tert-OH is 1. The first-order valence-corrected chi connectivity index (χ1v) is 10.1. The number of aliphatic carboxylic acids is 1. The Balaban J connectivity index is 2.64. The molecule has 0 aliphatic heterocycles. The van der Waals surface area contributed by atoms with Crippen LogP contribution in [0, 0.1) is 11.3 Å². The number of ether oxygens (including phenoxy) is 1. The normalized spacial score (nSPS) is 14.5. The zero-order valence-electron chi connectivity index (χ0n) is 15.2. The van der Waals surface area contributed by atoms with Crippen LogP contribution in [-0.4, -0.2) is 54.8 Å². The molecule has 0 fully saturated rings. The first kappa shape index (κ1) is 22.1. The van der Waals surface area contributed by atoms with Crippen molar-refractivity contribution >= 4 is 21.8 Å². The minimum atomic E-state index is -3.85. The van der Waals surface area contributed by atoms with Crippen LogP contribution in [0.5, 0.6) is 0 Å². The summed E-state index contributed by atoms with van der Waals surface area (Å²) in [5.74, 6) is -4.15. The van der Waals surface area contributed by atoms with Gasteiger partial charge in [-0.25, -0.2) is 8.42 Å². The molecule has 26 heavy (non-hydrogen) atoms. The van der Waals surface area contributed by atoms with E-state index in [-0.39, 0.29) is 6.42 Å². The molecule has 0 aliphatic rings. The lowest BCUT2D eigenvalue weighted by atomic mass is 9.97. The van der Waals surface area contributed by atoms with Crippen LogP contribution < -0.4 is 0 Å². The minimum absolute atomic E-state index is 0.0739. The molecule has 7 nitrogen and oxygen atoms in total. The number of carbonyl (C=O) groups excluding carboxylic acids is 1. The van der Waals surface area contributed by atoms with Crippen LogP contribution in [0.2, 0.25) is 0 Å². The van der Waals surface area contributed by atoms with E-state index in [9.17, 15) is 28.2 Å². The molecule has 2 atom stereocenters. The number of aliphatic hydroxyl groups is 1. The Labute approximate surface area is 153 Å². The summed E-state index contributed by atoms with van der Waals surface area (Å²) >= 11 is 0. The minimum Gasteiger partial charge on any atom is -0.481 e. The monoisotopic (exact) mass is 386 g/mol. The lowest BCUT2D eigenvalue weighted by molar-refractivity contribution is -0.155. The molecule has 1 aromatic carbocycles. The number of sulfone groups is 1. The molecule has 0 bridgehead atoms. The highest BCUT2D eigenvalue weighted by molar-refractivity contribution is 7.91. The van der Waals surface area contributed by atoms with Gasteiger partial charge in [0.1, 0.15) is 12.7 Å². The molecule has 0 saturated carbocycles. The first-order valence-electron chi connectivity index (χ1n) is 8.23. The van der Waals surface area contributed by atoms with Gasteiger partial charge in [-0.15, -0.1) is 0 Å². The third kappa shape index (κ3) is 7.97. The largest absolute Gasteiger partial charge is 0.481 e. The third-order valence-corrected chi connectivity index (χ3v) is 5.40. The van der Waals surface area contributed by atoms with Gasteiger partial charge < -0.3 is 14.9 Å². The van der Waals surface area contributed by atoms with E-state index in [2.05, 4.69) is 0 Å². The zero-order chi connectivity index (χ0) is 20.0. The highest BCUT2D eigenvalue weighted by Crippen LogP contribution is 2.16. The van der Waals surface area contributed by atoms with Crippen molar-refractivity contribution in [2.24, 2.45) is 11.3 Å². The molecule has 0 spiro atoms. The highest BCUT2D eigenvalue weighted by atomic mass is 32.2. The average Bonchev–Trinajstić information content (AvgIpc) is 2.51. The maximum absolute atomic E-state index is 12.2. The topological polar surface area (TPSA) is 118 Å². The Kier molecular flexibility index (Phi) is 7.77. The molecule has 0 unspecified atom stereocenters. The molecule has 0 radical (unpaired) electrons. The smallest absolute Gasteiger partial charge is 0.311 e. The van der Waals surface area contributed by atoms with E-state index >= 15 is 0 Å². The molecule has 0 heterocycles. The van der Waals surface area contributed by atoms with Gasteiger partial charge in [-0.2, -0.15) is 0 Å². The van der Waals surface area contributed by atoms with Gasteiger partial charge in [0.05, 0.1) is 22.8 Å². The van der Waals surface area contributed by atoms with Gasteiger partial charge in [-0.3, -0.25) is 9.59 Å². The third-order valence-electron chi connectivity index (χ3n) is 3.59. The lowest BCUT2D eigenvalue weighted by Crippen LogP contribution is -2.34. The van der Waals surface area contributed by atoms with Gasteiger partial charge in [0, 0.05) is 0 Å².